The molecule has 0 bridgehead atoms. The van der Waals surface area contributed by atoms with Gasteiger partial charge in [0.15, 0.2) is 5.17 Å². The van der Waals surface area contributed by atoms with Crippen molar-refractivity contribution in [3.8, 4) is 11.4 Å². The number of esters is 1. The van der Waals surface area contributed by atoms with E-state index in [-0.39, 0.29) is 11.9 Å². The van der Waals surface area contributed by atoms with Gasteiger partial charge < -0.3 is 14.0 Å². The van der Waals surface area contributed by atoms with Gasteiger partial charge in [-0.1, -0.05) is 36.4 Å². The number of thioether (sulfide) groups is 1. The van der Waals surface area contributed by atoms with E-state index in [4.69, 9.17) is 14.5 Å². The largest absolute Gasteiger partial charge is 0.497 e. The van der Waals surface area contributed by atoms with Gasteiger partial charge in [-0.15, -0.1) is 0 Å². The Hall–Kier alpha value is -4.56. The number of aryl methyl sites for hydroxylation is 1. The summed E-state index contributed by atoms with van der Waals surface area (Å²) in [6.07, 6.45) is 1.93. The Labute approximate surface area is 244 Å². The minimum absolute atomic E-state index is 0.102. The second kappa shape index (κ2) is 12.3. The Morgan fingerprint density at radius 1 is 0.976 bits per heavy atom. The SMILES string of the molecule is CCOC(=O)c1cccc(-n2c(C)cc(/C=C3\SC(=Nc4ccccc4)N(Cc4ccc(OC)cc4)C3=O)c2C)c1. The molecule has 1 amide bonds. The van der Waals surface area contributed by atoms with E-state index in [9.17, 15) is 9.59 Å². The molecule has 1 aliphatic rings. The highest BCUT2D eigenvalue weighted by Gasteiger charge is 2.34. The average Bonchev–Trinajstić information content (AvgIpc) is 3.43. The fourth-order valence-corrected chi connectivity index (χ4v) is 5.70. The normalized spacial score (nSPS) is 15.1. The van der Waals surface area contributed by atoms with Crippen molar-refractivity contribution in [2.75, 3.05) is 13.7 Å². The van der Waals surface area contributed by atoms with E-state index in [1.165, 1.54) is 11.8 Å². The van der Waals surface area contributed by atoms with Crippen molar-refractivity contribution in [2.45, 2.75) is 27.3 Å². The number of carbonyl (C=O) groups excluding carboxylic acids is 2. The summed E-state index contributed by atoms with van der Waals surface area (Å²) >= 11 is 1.37. The third-order valence-electron chi connectivity index (χ3n) is 6.74. The maximum atomic E-state index is 13.8. The Morgan fingerprint density at radius 3 is 2.44 bits per heavy atom. The molecule has 4 aromatic rings. The minimum atomic E-state index is -0.353. The molecule has 1 fully saturated rings. The molecule has 0 radical (unpaired) electrons. The first-order valence-corrected chi connectivity index (χ1v) is 14.1. The number of aromatic nitrogens is 1. The molecule has 0 unspecified atom stereocenters. The number of rotatable bonds is 8. The van der Waals surface area contributed by atoms with Crippen LogP contribution in [0.15, 0.2) is 94.8 Å². The van der Waals surface area contributed by atoms with Crippen molar-refractivity contribution in [3.05, 3.63) is 118 Å². The lowest BCUT2D eigenvalue weighted by molar-refractivity contribution is -0.122. The summed E-state index contributed by atoms with van der Waals surface area (Å²) in [5.41, 5.74) is 5.97. The van der Waals surface area contributed by atoms with E-state index in [1.807, 2.05) is 98.8 Å². The summed E-state index contributed by atoms with van der Waals surface area (Å²) in [4.78, 5) is 33.2. The zero-order valence-electron chi connectivity index (χ0n) is 23.5. The van der Waals surface area contributed by atoms with Crippen molar-refractivity contribution in [1.82, 2.24) is 9.47 Å². The molecule has 0 atom stereocenters. The summed E-state index contributed by atoms with van der Waals surface area (Å²) < 4.78 is 12.5. The Morgan fingerprint density at radius 2 is 1.73 bits per heavy atom. The molecule has 1 aromatic heterocycles. The van der Waals surface area contributed by atoms with Gasteiger partial charge in [0.05, 0.1) is 36.4 Å². The number of aliphatic imine (C=N–C) groups is 1. The van der Waals surface area contributed by atoms with Crippen LogP contribution >= 0.6 is 11.8 Å². The molecular formula is C33H31N3O4S. The van der Waals surface area contributed by atoms with Crippen LogP contribution < -0.4 is 4.74 Å². The summed E-state index contributed by atoms with van der Waals surface area (Å²) in [6.45, 7) is 6.51. The van der Waals surface area contributed by atoms with Gasteiger partial charge in [0.1, 0.15) is 5.75 Å². The van der Waals surface area contributed by atoms with Gasteiger partial charge in [-0.3, -0.25) is 9.69 Å². The van der Waals surface area contributed by atoms with Gasteiger partial charge in [-0.2, -0.15) is 0 Å². The first-order chi connectivity index (χ1) is 19.9. The predicted molar refractivity (Wildman–Crippen MR) is 164 cm³/mol. The standard InChI is InChI=1S/C33H31N3O4S/c1-5-40-32(38)25-10-9-13-28(19-25)36-22(2)18-26(23(36)3)20-30-31(37)35(21-24-14-16-29(39-4)17-15-24)33(41-30)34-27-11-7-6-8-12-27/h6-20H,5,21H2,1-4H3/b30-20-,34-33?. The highest BCUT2D eigenvalue weighted by atomic mass is 32.2. The molecule has 41 heavy (non-hydrogen) atoms. The number of ether oxygens (including phenoxy) is 2. The lowest BCUT2D eigenvalue weighted by Crippen LogP contribution is -2.28. The van der Waals surface area contributed by atoms with Gasteiger partial charge in [-0.05, 0) is 98.3 Å². The van der Waals surface area contributed by atoms with Gasteiger partial charge >= 0.3 is 5.97 Å². The number of benzene rings is 3. The first kappa shape index (κ1) is 28.0. The lowest BCUT2D eigenvalue weighted by atomic mass is 10.2. The molecule has 1 saturated heterocycles. The summed E-state index contributed by atoms with van der Waals surface area (Å²) in [7, 11) is 1.63. The molecule has 2 heterocycles. The molecular weight excluding hydrogens is 534 g/mol. The highest BCUT2D eigenvalue weighted by Crippen LogP contribution is 2.36. The van der Waals surface area contributed by atoms with Gasteiger partial charge in [0.2, 0.25) is 0 Å². The topological polar surface area (TPSA) is 73.1 Å². The van der Waals surface area contributed by atoms with Crippen LogP contribution in [0.5, 0.6) is 5.75 Å². The van der Waals surface area contributed by atoms with Crippen LogP contribution in [-0.2, 0) is 16.1 Å². The number of nitrogens with zero attached hydrogens (tertiary/aromatic N) is 3. The monoisotopic (exact) mass is 565 g/mol. The number of amidine groups is 1. The molecule has 208 valence electrons. The Bertz CT molecular complexity index is 1640. The van der Waals surface area contributed by atoms with E-state index in [2.05, 4.69) is 4.57 Å². The fourth-order valence-electron chi connectivity index (χ4n) is 4.72. The fraction of sp³-hybridized carbons (Fsp3) is 0.182. The molecule has 1 aliphatic heterocycles. The number of amides is 1. The lowest BCUT2D eigenvalue weighted by Gasteiger charge is -2.16. The quantitative estimate of drug-likeness (QED) is 0.169. The van der Waals surface area contributed by atoms with Crippen molar-refractivity contribution < 1.29 is 19.1 Å². The van der Waals surface area contributed by atoms with E-state index < -0.39 is 0 Å². The number of para-hydroxylation sites is 1. The van der Waals surface area contributed by atoms with E-state index in [1.54, 1.807) is 25.0 Å². The number of hydrogen-bond donors (Lipinski definition) is 0. The molecule has 0 spiro atoms. The molecule has 0 saturated carbocycles. The van der Waals surface area contributed by atoms with E-state index >= 15 is 0 Å². The van der Waals surface area contributed by atoms with Crippen LogP contribution in [0.3, 0.4) is 0 Å². The van der Waals surface area contributed by atoms with Crippen LogP contribution in [0.2, 0.25) is 0 Å². The summed E-state index contributed by atoms with van der Waals surface area (Å²) in [5.74, 6) is 0.307. The number of hydrogen-bond acceptors (Lipinski definition) is 6. The van der Waals surface area contributed by atoms with Crippen molar-refractivity contribution >= 4 is 40.6 Å². The predicted octanol–water partition coefficient (Wildman–Crippen LogP) is 7.08. The second-order valence-electron chi connectivity index (χ2n) is 9.51. The smallest absolute Gasteiger partial charge is 0.338 e. The minimum Gasteiger partial charge on any atom is -0.497 e. The second-order valence-corrected chi connectivity index (χ2v) is 10.5. The van der Waals surface area contributed by atoms with Crippen LogP contribution in [-0.4, -0.2) is 40.2 Å². The van der Waals surface area contributed by atoms with Crippen LogP contribution in [0.4, 0.5) is 5.69 Å². The number of carbonyl (C=O) groups is 2. The van der Waals surface area contributed by atoms with E-state index in [0.717, 1.165) is 39.6 Å². The maximum Gasteiger partial charge on any atom is 0.338 e. The zero-order valence-corrected chi connectivity index (χ0v) is 24.3. The van der Waals surface area contributed by atoms with Crippen LogP contribution in [0.25, 0.3) is 11.8 Å². The molecule has 8 heteroatoms. The zero-order chi connectivity index (χ0) is 28.9. The van der Waals surface area contributed by atoms with Crippen molar-refractivity contribution in [3.63, 3.8) is 0 Å². The molecule has 5 rings (SSSR count). The van der Waals surface area contributed by atoms with Crippen LogP contribution in [0, 0.1) is 13.8 Å². The Kier molecular flexibility index (Phi) is 8.40. The third-order valence-corrected chi connectivity index (χ3v) is 7.75. The summed E-state index contributed by atoms with van der Waals surface area (Å²) in [5, 5.41) is 0.624. The van der Waals surface area contributed by atoms with Gasteiger partial charge in [-0.25, -0.2) is 9.79 Å². The van der Waals surface area contributed by atoms with E-state index in [0.29, 0.717) is 28.8 Å². The van der Waals surface area contributed by atoms with Crippen molar-refractivity contribution in [1.29, 1.82) is 0 Å². The Balaban J connectivity index is 1.49. The highest BCUT2D eigenvalue weighted by molar-refractivity contribution is 8.18. The average molecular weight is 566 g/mol. The maximum absolute atomic E-state index is 13.8. The first-order valence-electron chi connectivity index (χ1n) is 13.3. The van der Waals surface area contributed by atoms with Gasteiger partial charge in [0.25, 0.3) is 5.91 Å². The molecule has 0 N–H and O–H groups in total. The summed E-state index contributed by atoms with van der Waals surface area (Å²) in [6, 6.07) is 26.7. The molecule has 0 aliphatic carbocycles. The molecule has 3 aromatic carbocycles. The molecule has 7 nitrogen and oxygen atoms in total. The third kappa shape index (κ3) is 6.12. The van der Waals surface area contributed by atoms with Crippen LogP contribution in [0.1, 0.15) is 39.8 Å². The van der Waals surface area contributed by atoms with Crippen molar-refractivity contribution in [2.24, 2.45) is 4.99 Å². The number of methoxy groups -OCH3 is 1. The van der Waals surface area contributed by atoms with Gasteiger partial charge in [0, 0.05) is 17.1 Å².